The number of benzene rings is 1. The SMILES string of the molecule is Cc1ccc(CC(O)c2cc(C)c(C)s2)c(Cl)c1. The number of thiophene rings is 1. The van der Waals surface area contributed by atoms with Crippen LogP contribution in [0.25, 0.3) is 0 Å². The number of hydrogen-bond acceptors (Lipinski definition) is 2. The van der Waals surface area contributed by atoms with Crippen LogP contribution in [0.3, 0.4) is 0 Å². The fourth-order valence-corrected chi connectivity index (χ4v) is 3.23. The molecule has 2 aromatic rings. The molecule has 96 valence electrons. The molecule has 1 N–H and O–H groups in total. The molecule has 2 rings (SSSR count). The molecule has 0 aliphatic heterocycles. The highest BCUT2D eigenvalue weighted by atomic mass is 35.5. The van der Waals surface area contributed by atoms with E-state index in [0.29, 0.717) is 6.42 Å². The molecule has 0 spiro atoms. The van der Waals surface area contributed by atoms with Crippen LogP contribution in [-0.4, -0.2) is 5.11 Å². The molecule has 1 aromatic heterocycles. The first-order valence-electron chi connectivity index (χ1n) is 5.97. The first kappa shape index (κ1) is 13.6. The molecular weight excluding hydrogens is 264 g/mol. The second kappa shape index (κ2) is 5.43. The number of aryl methyl sites for hydroxylation is 3. The van der Waals surface area contributed by atoms with Gasteiger partial charge in [0.15, 0.2) is 0 Å². The molecule has 0 bridgehead atoms. The first-order chi connectivity index (χ1) is 8.47. The largest absolute Gasteiger partial charge is 0.387 e. The van der Waals surface area contributed by atoms with Crippen LogP contribution >= 0.6 is 22.9 Å². The topological polar surface area (TPSA) is 20.2 Å². The summed E-state index contributed by atoms with van der Waals surface area (Å²) in [7, 11) is 0. The van der Waals surface area contributed by atoms with Crippen LogP contribution < -0.4 is 0 Å². The third-order valence-electron chi connectivity index (χ3n) is 3.14. The van der Waals surface area contributed by atoms with Crippen LogP contribution in [0.5, 0.6) is 0 Å². The number of halogens is 1. The standard InChI is InChI=1S/C15H17ClOS/c1-9-4-5-12(13(16)6-9)8-14(17)15-7-10(2)11(3)18-15/h4-7,14,17H,8H2,1-3H3. The van der Waals surface area contributed by atoms with Crippen LogP contribution in [0.2, 0.25) is 5.02 Å². The Morgan fingerprint density at radius 1 is 1.22 bits per heavy atom. The average molecular weight is 281 g/mol. The Hall–Kier alpha value is -0.830. The molecule has 0 amide bonds. The Morgan fingerprint density at radius 3 is 2.50 bits per heavy atom. The zero-order valence-corrected chi connectivity index (χ0v) is 12.4. The summed E-state index contributed by atoms with van der Waals surface area (Å²) in [6.07, 6.45) is 0.0982. The average Bonchev–Trinajstić information content (AvgIpc) is 2.63. The number of aliphatic hydroxyl groups is 1. The predicted octanol–water partition coefficient (Wildman–Crippen LogP) is 4.60. The fourth-order valence-electron chi connectivity index (χ4n) is 1.89. The van der Waals surface area contributed by atoms with E-state index in [1.165, 1.54) is 10.4 Å². The third kappa shape index (κ3) is 2.94. The molecule has 0 aliphatic carbocycles. The van der Waals surface area contributed by atoms with Gasteiger partial charge in [0, 0.05) is 21.2 Å². The van der Waals surface area contributed by atoms with Gasteiger partial charge in [0.05, 0.1) is 6.10 Å². The molecule has 0 aliphatic rings. The van der Waals surface area contributed by atoms with Crippen molar-refractivity contribution in [2.45, 2.75) is 33.3 Å². The summed E-state index contributed by atoms with van der Waals surface area (Å²) >= 11 is 7.85. The number of aliphatic hydroxyl groups excluding tert-OH is 1. The lowest BCUT2D eigenvalue weighted by Crippen LogP contribution is -2.00. The van der Waals surface area contributed by atoms with Gasteiger partial charge >= 0.3 is 0 Å². The van der Waals surface area contributed by atoms with Crippen molar-refractivity contribution in [2.24, 2.45) is 0 Å². The summed E-state index contributed by atoms with van der Waals surface area (Å²) in [6.45, 7) is 6.16. The van der Waals surface area contributed by atoms with Crippen LogP contribution in [0, 0.1) is 20.8 Å². The minimum atomic E-state index is -0.470. The molecular formula is C15H17ClOS. The monoisotopic (exact) mass is 280 g/mol. The summed E-state index contributed by atoms with van der Waals surface area (Å²) in [4.78, 5) is 2.28. The third-order valence-corrected chi connectivity index (χ3v) is 4.74. The van der Waals surface area contributed by atoms with Crippen molar-refractivity contribution in [3.8, 4) is 0 Å². The van der Waals surface area contributed by atoms with Crippen molar-refractivity contribution < 1.29 is 5.11 Å². The van der Waals surface area contributed by atoms with Crippen LogP contribution in [0.1, 0.15) is 32.5 Å². The molecule has 0 saturated heterocycles. The van der Waals surface area contributed by atoms with E-state index in [9.17, 15) is 5.11 Å². The Labute approximate surface area is 117 Å². The molecule has 0 fully saturated rings. The lowest BCUT2D eigenvalue weighted by atomic mass is 10.0. The maximum Gasteiger partial charge on any atom is 0.0922 e. The van der Waals surface area contributed by atoms with Crippen LogP contribution in [0.4, 0.5) is 0 Å². The van der Waals surface area contributed by atoms with Gasteiger partial charge in [-0.1, -0.05) is 23.7 Å². The maximum atomic E-state index is 10.3. The second-order valence-electron chi connectivity index (χ2n) is 4.70. The molecule has 1 heterocycles. The zero-order chi connectivity index (χ0) is 13.3. The predicted molar refractivity (Wildman–Crippen MR) is 78.6 cm³/mol. The zero-order valence-electron chi connectivity index (χ0n) is 10.8. The lowest BCUT2D eigenvalue weighted by Gasteiger charge is -2.10. The smallest absolute Gasteiger partial charge is 0.0922 e. The summed E-state index contributed by atoms with van der Waals surface area (Å²) in [6, 6.07) is 8.02. The fraction of sp³-hybridized carbons (Fsp3) is 0.333. The van der Waals surface area contributed by atoms with Crippen molar-refractivity contribution in [1.82, 2.24) is 0 Å². The van der Waals surface area contributed by atoms with E-state index in [2.05, 4.69) is 19.9 Å². The Balaban J connectivity index is 2.18. The van der Waals surface area contributed by atoms with Crippen molar-refractivity contribution >= 4 is 22.9 Å². The van der Waals surface area contributed by atoms with Gasteiger partial charge in [0.1, 0.15) is 0 Å². The summed E-state index contributed by atoms with van der Waals surface area (Å²) in [5.74, 6) is 0. The van der Waals surface area contributed by atoms with Gasteiger partial charge in [-0.3, -0.25) is 0 Å². The van der Waals surface area contributed by atoms with Crippen molar-refractivity contribution in [1.29, 1.82) is 0 Å². The van der Waals surface area contributed by atoms with E-state index < -0.39 is 6.10 Å². The molecule has 3 heteroatoms. The van der Waals surface area contributed by atoms with E-state index in [1.54, 1.807) is 11.3 Å². The van der Waals surface area contributed by atoms with Crippen LogP contribution in [-0.2, 0) is 6.42 Å². The second-order valence-corrected chi connectivity index (χ2v) is 6.40. The maximum absolute atomic E-state index is 10.3. The highest BCUT2D eigenvalue weighted by molar-refractivity contribution is 7.12. The van der Waals surface area contributed by atoms with Gasteiger partial charge in [-0.2, -0.15) is 0 Å². The normalized spacial score (nSPS) is 12.7. The summed E-state index contributed by atoms with van der Waals surface area (Å²) in [5.41, 5.74) is 3.38. The van der Waals surface area contributed by atoms with E-state index in [-0.39, 0.29) is 0 Å². The number of rotatable bonds is 3. The minimum Gasteiger partial charge on any atom is -0.387 e. The lowest BCUT2D eigenvalue weighted by molar-refractivity contribution is 0.182. The molecule has 1 aromatic carbocycles. The first-order valence-corrected chi connectivity index (χ1v) is 7.17. The summed E-state index contributed by atoms with van der Waals surface area (Å²) < 4.78 is 0. The van der Waals surface area contributed by atoms with Gasteiger partial charge in [-0.15, -0.1) is 11.3 Å². The Kier molecular flexibility index (Phi) is 4.10. The van der Waals surface area contributed by atoms with E-state index in [4.69, 9.17) is 11.6 Å². The molecule has 1 atom stereocenters. The molecule has 1 nitrogen and oxygen atoms in total. The molecule has 18 heavy (non-hydrogen) atoms. The Morgan fingerprint density at radius 2 is 1.94 bits per heavy atom. The Bertz CT molecular complexity index is 540. The van der Waals surface area contributed by atoms with Gasteiger partial charge in [-0.25, -0.2) is 0 Å². The van der Waals surface area contributed by atoms with Gasteiger partial charge < -0.3 is 5.11 Å². The van der Waals surface area contributed by atoms with Crippen molar-refractivity contribution in [2.75, 3.05) is 0 Å². The highest BCUT2D eigenvalue weighted by Crippen LogP contribution is 2.30. The van der Waals surface area contributed by atoms with E-state index >= 15 is 0 Å². The van der Waals surface area contributed by atoms with Gasteiger partial charge in [0.2, 0.25) is 0 Å². The minimum absolute atomic E-state index is 0.470. The number of hydrogen-bond donors (Lipinski definition) is 1. The van der Waals surface area contributed by atoms with Gasteiger partial charge in [-0.05, 0) is 49.6 Å². The molecule has 0 radical (unpaired) electrons. The van der Waals surface area contributed by atoms with Crippen LogP contribution in [0.15, 0.2) is 24.3 Å². The van der Waals surface area contributed by atoms with Gasteiger partial charge in [0.25, 0.3) is 0 Å². The molecule has 1 unspecified atom stereocenters. The summed E-state index contributed by atoms with van der Waals surface area (Å²) in [5, 5.41) is 11.0. The quantitative estimate of drug-likeness (QED) is 0.871. The van der Waals surface area contributed by atoms with E-state index in [1.807, 2.05) is 25.1 Å². The molecule has 0 saturated carbocycles. The highest BCUT2D eigenvalue weighted by Gasteiger charge is 2.14. The van der Waals surface area contributed by atoms with Crippen molar-refractivity contribution in [3.05, 3.63) is 55.7 Å². The van der Waals surface area contributed by atoms with Crippen molar-refractivity contribution in [3.63, 3.8) is 0 Å². The van der Waals surface area contributed by atoms with E-state index in [0.717, 1.165) is 21.0 Å².